The van der Waals surface area contributed by atoms with E-state index in [1.54, 1.807) is 6.07 Å². The summed E-state index contributed by atoms with van der Waals surface area (Å²) in [5.74, 6) is 0.543. The standard InChI is InChI=1S/C20H19NO3S/c1-2-14-7-9-16(10-8-14)21-20(23)13-25-12-17(22)19-11-15-5-3-4-6-18(15)24-19/h3-11H,2,12-13H2,1H3,(H,21,23). The Labute approximate surface area is 150 Å². The molecule has 0 saturated heterocycles. The number of nitrogens with one attached hydrogen (secondary N) is 1. The van der Waals surface area contributed by atoms with Crippen molar-refractivity contribution in [1.82, 2.24) is 0 Å². The second-order valence-electron chi connectivity index (χ2n) is 5.66. The molecule has 2 aromatic carbocycles. The van der Waals surface area contributed by atoms with Gasteiger partial charge in [0.05, 0.1) is 11.5 Å². The van der Waals surface area contributed by atoms with Crippen LogP contribution >= 0.6 is 11.8 Å². The molecule has 5 heteroatoms. The molecule has 0 bridgehead atoms. The lowest BCUT2D eigenvalue weighted by molar-refractivity contribution is -0.113. The number of carbonyl (C=O) groups excluding carboxylic acids is 2. The van der Waals surface area contributed by atoms with E-state index >= 15 is 0 Å². The molecule has 1 amide bonds. The van der Waals surface area contributed by atoms with Gasteiger partial charge in [0.25, 0.3) is 0 Å². The van der Waals surface area contributed by atoms with Crippen LogP contribution in [-0.4, -0.2) is 23.2 Å². The molecule has 4 nitrogen and oxygen atoms in total. The van der Waals surface area contributed by atoms with E-state index in [-0.39, 0.29) is 23.2 Å². The van der Waals surface area contributed by atoms with Crippen LogP contribution in [0.5, 0.6) is 0 Å². The lowest BCUT2D eigenvalue weighted by Gasteiger charge is -2.05. The highest BCUT2D eigenvalue weighted by atomic mass is 32.2. The molecule has 25 heavy (non-hydrogen) atoms. The van der Waals surface area contributed by atoms with E-state index in [1.807, 2.05) is 48.5 Å². The fourth-order valence-corrected chi connectivity index (χ4v) is 3.13. The normalized spacial score (nSPS) is 10.8. The topological polar surface area (TPSA) is 59.3 Å². The molecule has 0 saturated carbocycles. The number of anilines is 1. The Kier molecular flexibility index (Phi) is 5.56. The van der Waals surface area contributed by atoms with Gasteiger partial charge in [0.2, 0.25) is 11.7 Å². The first-order valence-corrected chi connectivity index (χ1v) is 9.29. The summed E-state index contributed by atoms with van der Waals surface area (Å²) < 4.78 is 5.54. The Morgan fingerprint density at radius 2 is 1.80 bits per heavy atom. The average molecular weight is 353 g/mol. The summed E-state index contributed by atoms with van der Waals surface area (Å²) in [6.07, 6.45) is 0.966. The van der Waals surface area contributed by atoms with Gasteiger partial charge in [-0.25, -0.2) is 0 Å². The number of fused-ring (bicyclic) bond motifs is 1. The van der Waals surface area contributed by atoms with Crippen molar-refractivity contribution in [2.75, 3.05) is 16.8 Å². The van der Waals surface area contributed by atoms with Crippen LogP contribution in [0, 0.1) is 0 Å². The fourth-order valence-electron chi connectivity index (χ4n) is 2.45. The summed E-state index contributed by atoms with van der Waals surface area (Å²) in [5.41, 5.74) is 2.69. The van der Waals surface area contributed by atoms with E-state index in [0.29, 0.717) is 11.3 Å². The highest BCUT2D eigenvalue weighted by molar-refractivity contribution is 8.00. The lowest BCUT2D eigenvalue weighted by Crippen LogP contribution is -2.15. The molecule has 0 radical (unpaired) electrons. The quantitative estimate of drug-likeness (QED) is 0.633. The molecular weight excluding hydrogens is 334 g/mol. The number of furan rings is 1. The van der Waals surface area contributed by atoms with Gasteiger partial charge in [0.1, 0.15) is 5.58 Å². The molecule has 0 aliphatic heterocycles. The SMILES string of the molecule is CCc1ccc(NC(=O)CSCC(=O)c2cc3ccccc3o2)cc1. The van der Waals surface area contributed by atoms with E-state index in [4.69, 9.17) is 4.42 Å². The summed E-state index contributed by atoms with van der Waals surface area (Å²) in [6, 6.07) is 17.0. The molecule has 0 unspecified atom stereocenters. The molecule has 0 spiro atoms. The Hall–Kier alpha value is -2.53. The number of hydrogen-bond donors (Lipinski definition) is 1. The third-order valence-electron chi connectivity index (χ3n) is 3.81. The van der Waals surface area contributed by atoms with Gasteiger partial charge in [-0.15, -0.1) is 11.8 Å². The van der Waals surface area contributed by atoms with Crippen LogP contribution in [0.3, 0.4) is 0 Å². The van der Waals surface area contributed by atoms with Crippen molar-refractivity contribution in [2.45, 2.75) is 13.3 Å². The Balaban J connectivity index is 1.48. The summed E-state index contributed by atoms with van der Waals surface area (Å²) in [5, 5.41) is 3.74. The van der Waals surface area contributed by atoms with Crippen LogP contribution in [0.15, 0.2) is 59.0 Å². The molecule has 3 aromatic rings. The van der Waals surface area contributed by atoms with Gasteiger partial charge in [0.15, 0.2) is 5.76 Å². The smallest absolute Gasteiger partial charge is 0.234 e. The number of thioether (sulfide) groups is 1. The van der Waals surface area contributed by atoms with Crippen molar-refractivity contribution in [3.8, 4) is 0 Å². The number of Topliss-reactive ketones (excluding diaryl/α,β-unsaturated/α-hetero) is 1. The highest BCUT2D eigenvalue weighted by Gasteiger charge is 2.13. The molecule has 0 fully saturated rings. The molecule has 0 atom stereocenters. The van der Waals surface area contributed by atoms with Crippen molar-refractivity contribution in [3.05, 3.63) is 65.9 Å². The van der Waals surface area contributed by atoms with E-state index in [0.717, 1.165) is 17.5 Å². The molecule has 0 aliphatic carbocycles. The van der Waals surface area contributed by atoms with Gasteiger partial charge < -0.3 is 9.73 Å². The number of aryl methyl sites for hydroxylation is 1. The largest absolute Gasteiger partial charge is 0.453 e. The fraction of sp³-hybridized carbons (Fsp3) is 0.200. The van der Waals surface area contributed by atoms with E-state index < -0.39 is 0 Å². The molecule has 1 N–H and O–H groups in total. The Bertz CT molecular complexity index is 850. The van der Waals surface area contributed by atoms with Crippen molar-refractivity contribution >= 4 is 40.1 Å². The number of ketones is 1. The molecule has 0 aliphatic rings. The van der Waals surface area contributed by atoms with Crippen LogP contribution in [-0.2, 0) is 11.2 Å². The summed E-state index contributed by atoms with van der Waals surface area (Å²) in [7, 11) is 0. The maximum absolute atomic E-state index is 12.2. The second-order valence-corrected chi connectivity index (χ2v) is 6.65. The number of amides is 1. The van der Waals surface area contributed by atoms with Crippen LogP contribution < -0.4 is 5.32 Å². The van der Waals surface area contributed by atoms with Gasteiger partial charge >= 0.3 is 0 Å². The van der Waals surface area contributed by atoms with Gasteiger partial charge in [-0.05, 0) is 36.2 Å². The second kappa shape index (κ2) is 8.03. The number of para-hydroxylation sites is 1. The minimum absolute atomic E-state index is 0.110. The van der Waals surface area contributed by atoms with Crippen LogP contribution in [0.1, 0.15) is 23.0 Å². The van der Waals surface area contributed by atoms with Crippen molar-refractivity contribution in [3.63, 3.8) is 0 Å². The molecule has 128 valence electrons. The highest BCUT2D eigenvalue weighted by Crippen LogP contribution is 2.20. The van der Waals surface area contributed by atoms with Crippen LogP contribution in [0.25, 0.3) is 11.0 Å². The lowest BCUT2D eigenvalue weighted by atomic mass is 10.1. The number of hydrogen-bond acceptors (Lipinski definition) is 4. The van der Waals surface area contributed by atoms with Gasteiger partial charge in [-0.2, -0.15) is 0 Å². The minimum Gasteiger partial charge on any atom is -0.453 e. The predicted molar refractivity (Wildman–Crippen MR) is 102 cm³/mol. The average Bonchev–Trinajstić information content (AvgIpc) is 3.06. The molecule has 3 rings (SSSR count). The van der Waals surface area contributed by atoms with E-state index in [9.17, 15) is 9.59 Å². The third-order valence-corrected chi connectivity index (χ3v) is 4.75. The maximum atomic E-state index is 12.2. The number of carbonyl (C=O) groups is 2. The zero-order valence-corrected chi connectivity index (χ0v) is 14.8. The number of rotatable bonds is 7. The van der Waals surface area contributed by atoms with E-state index in [1.165, 1.54) is 17.3 Å². The van der Waals surface area contributed by atoms with Crippen LogP contribution in [0.2, 0.25) is 0 Å². The summed E-state index contributed by atoms with van der Waals surface area (Å²) in [6.45, 7) is 2.09. The van der Waals surface area contributed by atoms with Crippen molar-refractivity contribution < 1.29 is 14.0 Å². The first kappa shape index (κ1) is 17.3. The Morgan fingerprint density at radius 1 is 1.04 bits per heavy atom. The van der Waals surface area contributed by atoms with Crippen molar-refractivity contribution in [1.29, 1.82) is 0 Å². The zero-order valence-electron chi connectivity index (χ0n) is 14.0. The van der Waals surface area contributed by atoms with Gasteiger partial charge in [-0.1, -0.05) is 37.3 Å². The first-order chi connectivity index (χ1) is 12.2. The minimum atomic E-state index is -0.119. The van der Waals surface area contributed by atoms with Gasteiger partial charge in [-0.3, -0.25) is 9.59 Å². The monoisotopic (exact) mass is 353 g/mol. The van der Waals surface area contributed by atoms with E-state index in [2.05, 4.69) is 12.2 Å². The molecule has 1 aromatic heterocycles. The van der Waals surface area contributed by atoms with Crippen LogP contribution in [0.4, 0.5) is 5.69 Å². The summed E-state index contributed by atoms with van der Waals surface area (Å²) in [4.78, 5) is 24.1. The maximum Gasteiger partial charge on any atom is 0.234 e. The number of benzene rings is 2. The van der Waals surface area contributed by atoms with Gasteiger partial charge in [0, 0.05) is 11.1 Å². The summed E-state index contributed by atoms with van der Waals surface area (Å²) >= 11 is 1.28. The molecular formula is C20H19NO3S. The molecule has 1 heterocycles. The zero-order chi connectivity index (χ0) is 17.6. The Morgan fingerprint density at radius 3 is 2.52 bits per heavy atom. The predicted octanol–water partition coefficient (Wildman–Crippen LogP) is 4.55. The third kappa shape index (κ3) is 4.51. The first-order valence-electron chi connectivity index (χ1n) is 8.14. The van der Waals surface area contributed by atoms with Crippen molar-refractivity contribution in [2.24, 2.45) is 0 Å².